The van der Waals surface area contributed by atoms with Crippen molar-refractivity contribution in [3.05, 3.63) is 82.7 Å². The maximum absolute atomic E-state index is 12.3. The van der Waals surface area contributed by atoms with Crippen LogP contribution in [-0.2, 0) is 22.5 Å². The lowest BCUT2D eigenvalue weighted by atomic mass is 10.1. The predicted octanol–water partition coefficient (Wildman–Crippen LogP) is 4.83. The quantitative estimate of drug-likeness (QED) is 0.539. The highest BCUT2D eigenvalue weighted by molar-refractivity contribution is 5.89. The molecular formula is C25H29N3O3. The van der Waals surface area contributed by atoms with Crippen LogP contribution >= 0.6 is 0 Å². The second-order valence-electron chi connectivity index (χ2n) is 7.55. The average Bonchev–Trinajstić information content (AvgIpc) is 3.02. The summed E-state index contributed by atoms with van der Waals surface area (Å²) >= 11 is 0. The van der Waals surface area contributed by atoms with Gasteiger partial charge in [0.25, 0.3) is 0 Å². The lowest BCUT2D eigenvalue weighted by molar-refractivity contribution is -0.142. The van der Waals surface area contributed by atoms with Gasteiger partial charge in [-0.2, -0.15) is 0 Å². The van der Waals surface area contributed by atoms with Gasteiger partial charge in [-0.25, -0.2) is 4.79 Å². The molecule has 162 valence electrons. The van der Waals surface area contributed by atoms with Gasteiger partial charge in [0.2, 0.25) is 0 Å². The van der Waals surface area contributed by atoms with Crippen molar-refractivity contribution in [3.8, 4) is 5.69 Å². The van der Waals surface area contributed by atoms with E-state index >= 15 is 0 Å². The molecule has 0 unspecified atom stereocenters. The van der Waals surface area contributed by atoms with E-state index in [9.17, 15) is 9.59 Å². The van der Waals surface area contributed by atoms with Crippen LogP contribution in [0.25, 0.3) is 5.69 Å². The molecule has 1 heterocycles. The van der Waals surface area contributed by atoms with Gasteiger partial charge in [0.15, 0.2) is 0 Å². The van der Waals surface area contributed by atoms with Crippen LogP contribution < -0.4 is 10.6 Å². The summed E-state index contributed by atoms with van der Waals surface area (Å²) in [5, 5.41) is 5.74. The summed E-state index contributed by atoms with van der Waals surface area (Å²) in [5.74, 6) is -0.260. The Morgan fingerprint density at radius 3 is 2.29 bits per heavy atom. The van der Waals surface area contributed by atoms with Crippen molar-refractivity contribution in [2.75, 3.05) is 11.9 Å². The standard InChI is InChI=1S/C25H29N3O3/c1-5-31-24(29)15-20-8-10-22(11-9-20)27-25(30)26-16-21-14-18(3)28(19(21)4)23-12-6-17(2)7-13-23/h6-14H,5,15-16H2,1-4H3,(H2,26,27,30). The zero-order valence-electron chi connectivity index (χ0n) is 18.5. The van der Waals surface area contributed by atoms with E-state index < -0.39 is 0 Å². The van der Waals surface area contributed by atoms with Crippen molar-refractivity contribution in [1.82, 2.24) is 9.88 Å². The number of urea groups is 1. The molecule has 0 spiro atoms. The van der Waals surface area contributed by atoms with Gasteiger partial charge in [0.1, 0.15) is 0 Å². The Morgan fingerprint density at radius 1 is 0.968 bits per heavy atom. The minimum Gasteiger partial charge on any atom is -0.466 e. The summed E-state index contributed by atoms with van der Waals surface area (Å²) in [7, 11) is 0. The third kappa shape index (κ3) is 5.75. The van der Waals surface area contributed by atoms with Crippen LogP contribution in [0.3, 0.4) is 0 Å². The number of anilines is 1. The number of nitrogens with zero attached hydrogens (tertiary/aromatic N) is 1. The van der Waals surface area contributed by atoms with E-state index in [1.54, 1.807) is 19.1 Å². The lowest BCUT2D eigenvalue weighted by Gasteiger charge is -2.11. The fourth-order valence-corrected chi connectivity index (χ4v) is 3.53. The number of carbonyl (C=O) groups excluding carboxylic acids is 2. The number of ether oxygens (including phenoxy) is 1. The highest BCUT2D eigenvalue weighted by Crippen LogP contribution is 2.21. The maximum Gasteiger partial charge on any atom is 0.319 e. The highest BCUT2D eigenvalue weighted by Gasteiger charge is 2.12. The Labute approximate surface area is 183 Å². The van der Waals surface area contributed by atoms with Crippen molar-refractivity contribution in [2.45, 2.75) is 40.7 Å². The summed E-state index contributed by atoms with van der Waals surface area (Å²) in [5.41, 5.74) is 7.12. The Morgan fingerprint density at radius 2 is 1.65 bits per heavy atom. The average molecular weight is 420 g/mol. The van der Waals surface area contributed by atoms with Crippen molar-refractivity contribution in [1.29, 1.82) is 0 Å². The summed E-state index contributed by atoms with van der Waals surface area (Å²) in [6, 6.07) is 17.4. The van der Waals surface area contributed by atoms with E-state index in [-0.39, 0.29) is 18.4 Å². The third-order valence-electron chi connectivity index (χ3n) is 5.13. The van der Waals surface area contributed by atoms with Crippen LogP contribution in [0.5, 0.6) is 0 Å². The molecule has 31 heavy (non-hydrogen) atoms. The number of hydrogen-bond donors (Lipinski definition) is 2. The van der Waals surface area contributed by atoms with Gasteiger partial charge in [-0.15, -0.1) is 0 Å². The molecule has 0 aliphatic heterocycles. The van der Waals surface area contributed by atoms with Crippen LogP contribution in [0, 0.1) is 20.8 Å². The van der Waals surface area contributed by atoms with Crippen LogP contribution in [-0.4, -0.2) is 23.2 Å². The van der Waals surface area contributed by atoms with Crippen molar-refractivity contribution in [3.63, 3.8) is 0 Å². The zero-order valence-corrected chi connectivity index (χ0v) is 18.5. The minimum absolute atomic E-state index is 0.219. The summed E-state index contributed by atoms with van der Waals surface area (Å²) in [4.78, 5) is 23.9. The van der Waals surface area contributed by atoms with Crippen LogP contribution in [0.4, 0.5) is 10.5 Å². The molecule has 1 aromatic heterocycles. The maximum atomic E-state index is 12.3. The van der Waals surface area contributed by atoms with Crippen molar-refractivity contribution in [2.24, 2.45) is 0 Å². The molecule has 3 aromatic rings. The summed E-state index contributed by atoms with van der Waals surface area (Å²) in [6.07, 6.45) is 0.219. The van der Waals surface area contributed by atoms with Crippen LogP contribution in [0.2, 0.25) is 0 Å². The summed E-state index contributed by atoms with van der Waals surface area (Å²) < 4.78 is 7.14. The Hall–Kier alpha value is -3.54. The Kier molecular flexibility index (Phi) is 7.13. The second kappa shape index (κ2) is 9.98. The predicted molar refractivity (Wildman–Crippen MR) is 123 cm³/mol. The second-order valence-corrected chi connectivity index (χ2v) is 7.55. The zero-order chi connectivity index (χ0) is 22.4. The molecule has 0 aliphatic carbocycles. The highest BCUT2D eigenvalue weighted by atomic mass is 16.5. The SMILES string of the molecule is CCOC(=O)Cc1ccc(NC(=O)NCc2cc(C)n(-c3ccc(C)cc3)c2C)cc1. The fourth-order valence-electron chi connectivity index (χ4n) is 3.53. The monoisotopic (exact) mass is 419 g/mol. The molecule has 0 aliphatic rings. The van der Waals surface area contributed by atoms with Gasteiger partial charge in [-0.3, -0.25) is 4.79 Å². The van der Waals surface area contributed by atoms with E-state index in [0.717, 1.165) is 28.2 Å². The molecule has 0 radical (unpaired) electrons. The molecule has 2 N–H and O–H groups in total. The normalized spacial score (nSPS) is 10.6. The number of aromatic nitrogens is 1. The first-order chi connectivity index (χ1) is 14.9. The van der Waals surface area contributed by atoms with E-state index in [2.05, 4.69) is 66.3 Å². The number of rotatable bonds is 7. The van der Waals surface area contributed by atoms with E-state index in [1.807, 2.05) is 12.1 Å². The van der Waals surface area contributed by atoms with E-state index in [1.165, 1.54) is 5.56 Å². The number of esters is 1. The molecule has 2 aromatic carbocycles. The molecular weight excluding hydrogens is 390 g/mol. The molecule has 3 rings (SSSR count). The molecule has 0 fully saturated rings. The topological polar surface area (TPSA) is 72.4 Å². The van der Waals surface area contributed by atoms with Gasteiger partial charge >= 0.3 is 12.0 Å². The van der Waals surface area contributed by atoms with Crippen LogP contribution in [0.15, 0.2) is 54.6 Å². The molecule has 0 atom stereocenters. The number of aryl methyl sites for hydroxylation is 2. The number of hydrogen-bond acceptors (Lipinski definition) is 3. The number of amides is 2. The number of carbonyl (C=O) groups is 2. The first-order valence-corrected chi connectivity index (χ1v) is 10.4. The Bertz CT molecular complexity index is 1050. The van der Waals surface area contributed by atoms with Gasteiger partial charge < -0.3 is 19.9 Å². The largest absolute Gasteiger partial charge is 0.466 e. The van der Waals surface area contributed by atoms with Crippen LogP contribution in [0.1, 0.15) is 35.0 Å². The fraction of sp³-hybridized carbons (Fsp3) is 0.280. The Balaban J connectivity index is 1.58. The molecule has 6 nitrogen and oxygen atoms in total. The van der Waals surface area contributed by atoms with Crippen molar-refractivity contribution < 1.29 is 14.3 Å². The number of nitrogens with one attached hydrogen (secondary N) is 2. The van der Waals surface area contributed by atoms with E-state index in [0.29, 0.717) is 18.8 Å². The van der Waals surface area contributed by atoms with Crippen molar-refractivity contribution >= 4 is 17.7 Å². The van der Waals surface area contributed by atoms with Gasteiger partial charge in [-0.1, -0.05) is 29.8 Å². The molecule has 0 saturated carbocycles. The van der Waals surface area contributed by atoms with Gasteiger partial charge in [0.05, 0.1) is 13.0 Å². The van der Waals surface area contributed by atoms with Gasteiger partial charge in [0, 0.05) is 29.3 Å². The number of benzene rings is 2. The molecule has 0 bridgehead atoms. The lowest BCUT2D eigenvalue weighted by Crippen LogP contribution is -2.28. The summed E-state index contributed by atoms with van der Waals surface area (Å²) in [6.45, 7) is 8.77. The third-order valence-corrected chi connectivity index (χ3v) is 5.13. The molecule has 6 heteroatoms. The van der Waals surface area contributed by atoms with Gasteiger partial charge in [-0.05, 0) is 69.2 Å². The van der Waals surface area contributed by atoms with E-state index in [4.69, 9.17) is 4.74 Å². The molecule has 2 amide bonds. The molecule has 0 saturated heterocycles. The first kappa shape index (κ1) is 22.2. The minimum atomic E-state index is -0.279. The smallest absolute Gasteiger partial charge is 0.319 e. The first-order valence-electron chi connectivity index (χ1n) is 10.4.